The summed E-state index contributed by atoms with van der Waals surface area (Å²) in [5, 5.41) is 8.97. The van der Waals surface area contributed by atoms with E-state index in [9.17, 15) is 14.9 Å². The van der Waals surface area contributed by atoms with E-state index in [0.29, 0.717) is 32.0 Å². The maximum Gasteiger partial charge on any atom is 0.293 e. The van der Waals surface area contributed by atoms with Crippen LogP contribution in [0, 0.1) is 11.3 Å². The number of hydrogen-bond donors (Lipinski definition) is 0. The van der Waals surface area contributed by atoms with Gasteiger partial charge < -0.3 is 9.47 Å². The highest BCUT2D eigenvalue weighted by Crippen LogP contribution is 2.38. The zero-order chi connectivity index (χ0) is 24.9. The minimum Gasteiger partial charge on any atom is -0.493 e. The molecule has 0 aliphatic carbocycles. The summed E-state index contributed by atoms with van der Waals surface area (Å²) in [5.74, 6) is 0.595. The minimum atomic E-state index is -0.345. The molecular formula is C26H18Br2N2O4S. The van der Waals surface area contributed by atoms with Crippen molar-refractivity contribution in [3.05, 3.63) is 96.8 Å². The lowest BCUT2D eigenvalue weighted by atomic mass is 10.1. The zero-order valence-corrected chi connectivity index (χ0v) is 22.4. The molecule has 0 N–H and O–H groups in total. The van der Waals surface area contributed by atoms with Crippen LogP contribution in [0.25, 0.3) is 6.08 Å². The second-order valence-electron chi connectivity index (χ2n) is 7.48. The van der Waals surface area contributed by atoms with Gasteiger partial charge in [-0.2, -0.15) is 5.26 Å². The van der Waals surface area contributed by atoms with Gasteiger partial charge in [0.05, 0.1) is 30.2 Å². The van der Waals surface area contributed by atoms with Gasteiger partial charge in [-0.25, -0.2) is 0 Å². The maximum absolute atomic E-state index is 13.0. The summed E-state index contributed by atoms with van der Waals surface area (Å²) in [5.41, 5.74) is 2.83. The van der Waals surface area contributed by atoms with E-state index in [-0.39, 0.29) is 24.3 Å². The molecule has 9 heteroatoms. The van der Waals surface area contributed by atoms with Gasteiger partial charge in [0.1, 0.15) is 6.61 Å². The highest BCUT2D eigenvalue weighted by molar-refractivity contribution is 9.10. The second kappa shape index (κ2) is 11.1. The summed E-state index contributed by atoms with van der Waals surface area (Å²) in [7, 11) is 1.52. The number of hydrogen-bond acceptors (Lipinski definition) is 6. The van der Waals surface area contributed by atoms with E-state index in [4.69, 9.17) is 9.47 Å². The average Bonchev–Trinajstić information content (AvgIpc) is 3.12. The number of nitriles is 1. The van der Waals surface area contributed by atoms with Crippen molar-refractivity contribution in [1.29, 1.82) is 5.26 Å². The molecule has 0 saturated carbocycles. The summed E-state index contributed by atoms with van der Waals surface area (Å²) in [6, 6.07) is 20.3. The summed E-state index contributed by atoms with van der Waals surface area (Å²) in [6.45, 7) is 0.400. The van der Waals surface area contributed by atoms with Crippen LogP contribution in [0.5, 0.6) is 11.5 Å². The molecule has 1 fully saturated rings. The van der Waals surface area contributed by atoms with Crippen molar-refractivity contribution in [2.45, 2.75) is 13.2 Å². The highest BCUT2D eigenvalue weighted by atomic mass is 79.9. The van der Waals surface area contributed by atoms with Gasteiger partial charge in [0.2, 0.25) is 0 Å². The summed E-state index contributed by atoms with van der Waals surface area (Å²) >= 11 is 7.81. The highest BCUT2D eigenvalue weighted by Gasteiger charge is 2.35. The summed E-state index contributed by atoms with van der Waals surface area (Å²) in [4.78, 5) is 27.0. The third kappa shape index (κ3) is 5.78. The molecule has 0 aromatic heterocycles. The fraction of sp³-hybridized carbons (Fsp3) is 0.115. The van der Waals surface area contributed by atoms with Crippen LogP contribution in [0.3, 0.4) is 0 Å². The van der Waals surface area contributed by atoms with Crippen LogP contribution in [0.1, 0.15) is 22.3 Å². The van der Waals surface area contributed by atoms with Crippen molar-refractivity contribution >= 4 is 60.8 Å². The Morgan fingerprint density at radius 2 is 1.80 bits per heavy atom. The smallest absolute Gasteiger partial charge is 0.293 e. The number of rotatable bonds is 7. The Morgan fingerprint density at radius 1 is 1.06 bits per heavy atom. The van der Waals surface area contributed by atoms with Gasteiger partial charge in [0, 0.05) is 14.5 Å². The predicted molar refractivity (Wildman–Crippen MR) is 142 cm³/mol. The molecule has 1 aliphatic heterocycles. The second-order valence-corrected chi connectivity index (χ2v) is 10.2. The van der Waals surface area contributed by atoms with Gasteiger partial charge in [-0.3, -0.25) is 14.5 Å². The van der Waals surface area contributed by atoms with E-state index in [2.05, 4.69) is 37.9 Å². The van der Waals surface area contributed by atoms with Gasteiger partial charge in [0.25, 0.3) is 11.1 Å². The third-order valence-corrected chi connectivity index (χ3v) is 7.34. The first-order valence-electron chi connectivity index (χ1n) is 10.4. The monoisotopic (exact) mass is 612 g/mol. The van der Waals surface area contributed by atoms with Crippen LogP contribution >= 0.6 is 43.6 Å². The SMILES string of the molecule is COc1cc(/C=C2\SC(=O)N(Cc3ccc(Br)cc3)C2=O)c(Br)cc1OCc1ccccc1C#N. The molecular weight excluding hydrogens is 596 g/mol. The van der Waals surface area contributed by atoms with Gasteiger partial charge >= 0.3 is 0 Å². The number of amides is 2. The van der Waals surface area contributed by atoms with E-state index in [1.165, 1.54) is 12.0 Å². The molecule has 4 rings (SSSR count). The Kier molecular flexibility index (Phi) is 7.96. The Morgan fingerprint density at radius 3 is 2.51 bits per heavy atom. The fourth-order valence-corrected chi connectivity index (χ4v) is 4.92. The molecule has 3 aromatic carbocycles. The van der Waals surface area contributed by atoms with E-state index in [1.54, 1.807) is 30.3 Å². The van der Waals surface area contributed by atoms with Crippen LogP contribution in [0.2, 0.25) is 0 Å². The normalized spacial score (nSPS) is 14.3. The number of methoxy groups -OCH3 is 1. The Hall–Kier alpha value is -3.06. The topological polar surface area (TPSA) is 79.6 Å². The molecule has 176 valence electrons. The molecule has 0 radical (unpaired) electrons. The molecule has 35 heavy (non-hydrogen) atoms. The molecule has 0 atom stereocenters. The van der Waals surface area contributed by atoms with Crippen LogP contribution in [-0.4, -0.2) is 23.2 Å². The number of carbonyl (C=O) groups excluding carboxylic acids is 2. The number of benzene rings is 3. The molecule has 2 amide bonds. The molecule has 0 unspecified atom stereocenters. The fourth-order valence-electron chi connectivity index (χ4n) is 3.39. The maximum atomic E-state index is 13.0. The van der Waals surface area contributed by atoms with E-state index < -0.39 is 0 Å². The molecule has 1 aliphatic rings. The quantitative estimate of drug-likeness (QED) is 0.270. The van der Waals surface area contributed by atoms with Crippen LogP contribution in [-0.2, 0) is 17.9 Å². The first-order chi connectivity index (χ1) is 16.9. The molecule has 6 nitrogen and oxygen atoms in total. The first-order valence-corrected chi connectivity index (χ1v) is 12.8. The number of thioether (sulfide) groups is 1. The standard InChI is InChI=1S/C26H18Br2N2O4S/c1-33-22-10-19(21(28)12-23(22)34-15-18-5-3-2-4-17(18)13-29)11-24-25(31)30(26(32)35-24)14-16-6-8-20(27)9-7-16/h2-12H,14-15H2,1H3/b24-11-. The van der Waals surface area contributed by atoms with Crippen LogP contribution in [0.4, 0.5) is 4.79 Å². The lowest BCUT2D eigenvalue weighted by Crippen LogP contribution is -2.27. The van der Waals surface area contributed by atoms with Crippen molar-refractivity contribution in [2.24, 2.45) is 0 Å². The third-order valence-electron chi connectivity index (χ3n) is 5.22. The summed E-state index contributed by atoms with van der Waals surface area (Å²) < 4.78 is 13.0. The Labute approximate surface area is 223 Å². The van der Waals surface area contributed by atoms with Crippen molar-refractivity contribution in [3.63, 3.8) is 0 Å². The van der Waals surface area contributed by atoms with Gasteiger partial charge in [0.15, 0.2) is 11.5 Å². The van der Waals surface area contributed by atoms with E-state index in [1.807, 2.05) is 36.4 Å². The summed E-state index contributed by atoms with van der Waals surface area (Å²) in [6.07, 6.45) is 1.66. The molecule has 3 aromatic rings. The zero-order valence-electron chi connectivity index (χ0n) is 18.5. The van der Waals surface area contributed by atoms with Crippen LogP contribution in [0.15, 0.2) is 74.5 Å². The number of halogens is 2. The van der Waals surface area contributed by atoms with Crippen LogP contribution < -0.4 is 9.47 Å². The van der Waals surface area contributed by atoms with Crippen molar-refractivity contribution in [3.8, 4) is 17.6 Å². The minimum absolute atomic E-state index is 0.195. The first kappa shape index (κ1) is 25.0. The molecule has 0 spiro atoms. The lowest BCUT2D eigenvalue weighted by molar-refractivity contribution is -0.123. The Bertz CT molecular complexity index is 1370. The van der Waals surface area contributed by atoms with E-state index >= 15 is 0 Å². The van der Waals surface area contributed by atoms with Gasteiger partial charge in [-0.1, -0.05) is 62.2 Å². The molecule has 0 bridgehead atoms. The van der Waals surface area contributed by atoms with Crippen molar-refractivity contribution < 1.29 is 19.1 Å². The molecule has 1 heterocycles. The van der Waals surface area contributed by atoms with Crippen molar-refractivity contribution in [2.75, 3.05) is 7.11 Å². The molecule has 1 saturated heterocycles. The number of nitrogens with zero attached hydrogens (tertiary/aromatic N) is 2. The Balaban J connectivity index is 1.54. The van der Waals surface area contributed by atoms with E-state index in [0.717, 1.165) is 27.4 Å². The average molecular weight is 614 g/mol. The van der Waals surface area contributed by atoms with Gasteiger partial charge in [-0.05, 0) is 59.3 Å². The van der Waals surface area contributed by atoms with Gasteiger partial charge in [-0.15, -0.1) is 0 Å². The van der Waals surface area contributed by atoms with Crippen molar-refractivity contribution in [1.82, 2.24) is 4.90 Å². The largest absolute Gasteiger partial charge is 0.493 e. The predicted octanol–water partition coefficient (Wildman–Crippen LogP) is 6.91. The number of ether oxygens (including phenoxy) is 2. The number of imide groups is 1. The number of carbonyl (C=O) groups is 2. The lowest BCUT2D eigenvalue weighted by Gasteiger charge is -2.14.